The number of fused-ring (bicyclic) bond motifs is 3. The van der Waals surface area contributed by atoms with Crippen molar-refractivity contribution in [1.29, 1.82) is 0 Å². The molecule has 15 heteroatoms. The molecular formula is C55H87NO14. The molecule has 396 valence electrons. The number of ketones is 3. The zero-order chi connectivity index (χ0) is 51.7. The van der Waals surface area contributed by atoms with E-state index in [1.165, 1.54) is 12.0 Å². The van der Waals surface area contributed by atoms with E-state index in [9.17, 15) is 34.2 Å². The number of cyclic esters (lactones) is 1. The molecule has 15 nitrogen and oxygen atoms in total. The molecule has 0 unspecified atom stereocenters. The van der Waals surface area contributed by atoms with Crippen molar-refractivity contribution in [3.05, 3.63) is 47.6 Å². The summed E-state index contributed by atoms with van der Waals surface area (Å²) in [6.07, 6.45) is 12.4. The van der Waals surface area contributed by atoms with E-state index in [1.54, 1.807) is 41.1 Å². The highest BCUT2D eigenvalue weighted by Crippen LogP contribution is 2.38. The van der Waals surface area contributed by atoms with Crippen molar-refractivity contribution in [2.75, 3.05) is 47.7 Å². The number of aliphatic hydroxyl groups excluding tert-OH is 1. The molecule has 1 aliphatic carbocycles. The maximum Gasteiger partial charge on any atom is 0.329 e. The van der Waals surface area contributed by atoms with Crippen LogP contribution in [-0.2, 0) is 57.1 Å². The number of methoxy groups -OCH3 is 3. The molecule has 4 aliphatic rings. The summed E-state index contributed by atoms with van der Waals surface area (Å²) in [7, 11) is 4.64. The van der Waals surface area contributed by atoms with Gasteiger partial charge in [0.2, 0.25) is 5.79 Å². The lowest BCUT2D eigenvalue weighted by molar-refractivity contribution is -0.265. The quantitative estimate of drug-likeness (QED) is 0.0911. The zero-order valence-electron chi connectivity index (χ0n) is 44.1. The molecule has 0 aromatic carbocycles. The standard InChI is InChI=1S/C55H87NO14/c1-12-67-26-27-68-45-24-22-41(31-48(45)65-10)30-37(5)47-33-44(57)36(4)29-39(7)50(59)51(66-11)49(58)38(6)28-34(2)18-14-13-15-19-35(3)46(64-9)32-42-23-21-40(8)55(63,70-42)52(60)53(61)56-25-17-16-20-43(56)54(62)69-47/h13-15,18-19,29,34,36-38,40-43,45-48,50-51,59,63H,12,16-17,20-28,30-33H2,1-11H3/b15-13+,18-14+,35-19+,39-29+/t34-,36-,37-,38-,40-,41-,42+,43+,45-,46+,47+,48-,50-,51-,55-/m1/s1. The Labute approximate surface area is 418 Å². The molecule has 0 aromatic heterocycles. The summed E-state index contributed by atoms with van der Waals surface area (Å²) < 4.78 is 41.5. The number of piperidine rings is 1. The van der Waals surface area contributed by atoms with Crippen LogP contribution in [0.4, 0.5) is 0 Å². The van der Waals surface area contributed by atoms with E-state index < -0.39 is 77.8 Å². The van der Waals surface area contributed by atoms with Gasteiger partial charge in [-0.3, -0.25) is 19.2 Å². The fraction of sp³-hybridized carbons (Fsp3) is 0.764. The van der Waals surface area contributed by atoms with Crippen LogP contribution in [0.2, 0.25) is 0 Å². The highest BCUT2D eigenvalue weighted by Gasteiger charge is 2.53. The second-order valence-corrected chi connectivity index (χ2v) is 20.6. The maximum atomic E-state index is 14.5. The Kier molecular flexibility index (Phi) is 24.3. The fourth-order valence-electron chi connectivity index (χ4n) is 10.7. The summed E-state index contributed by atoms with van der Waals surface area (Å²) in [4.78, 5) is 72.4. The molecule has 1 amide bonds. The molecular weight excluding hydrogens is 899 g/mol. The lowest BCUT2D eigenvalue weighted by atomic mass is 9.78. The van der Waals surface area contributed by atoms with E-state index in [0.717, 1.165) is 18.4 Å². The highest BCUT2D eigenvalue weighted by molar-refractivity contribution is 6.39. The van der Waals surface area contributed by atoms with E-state index in [4.69, 9.17) is 33.2 Å². The Morgan fingerprint density at radius 3 is 2.27 bits per heavy atom. The lowest BCUT2D eigenvalue weighted by Gasteiger charge is -2.42. The minimum atomic E-state index is -2.43. The number of Topliss-reactive ketones (excluding diaryl/α,β-unsaturated/α-hetero) is 3. The Bertz CT molecular complexity index is 1840. The van der Waals surface area contributed by atoms with Crippen LogP contribution in [-0.4, -0.2) is 147 Å². The van der Waals surface area contributed by atoms with Gasteiger partial charge in [0.15, 0.2) is 5.78 Å². The average Bonchev–Trinajstić information content (AvgIpc) is 3.34. The number of nitrogens with zero attached hydrogens (tertiary/aromatic N) is 1. The van der Waals surface area contributed by atoms with Crippen LogP contribution in [0.15, 0.2) is 47.6 Å². The molecule has 0 aromatic rings. The van der Waals surface area contributed by atoms with Gasteiger partial charge in [0, 0.05) is 65.1 Å². The number of rotatable bonds is 11. The van der Waals surface area contributed by atoms with Crippen molar-refractivity contribution >= 4 is 29.2 Å². The number of hydrogen-bond donors (Lipinski definition) is 2. The second kappa shape index (κ2) is 28.7. The number of hydrogen-bond acceptors (Lipinski definition) is 14. The Balaban J connectivity index is 1.68. The number of allylic oxidation sites excluding steroid dienone is 6. The van der Waals surface area contributed by atoms with Gasteiger partial charge in [-0.25, -0.2) is 4.79 Å². The summed E-state index contributed by atoms with van der Waals surface area (Å²) in [6.45, 7) is 16.4. The van der Waals surface area contributed by atoms with Gasteiger partial charge in [0.05, 0.1) is 37.6 Å². The van der Waals surface area contributed by atoms with Crippen LogP contribution in [0, 0.1) is 35.5 Å². The first-order valence-electron chi connectivity index (χ1n) is 26.0. The van der Waals surface area contributed by atoms with E-state index in [2.05, 4.69) is 0 Å². The summed E-state index contributed by atoms with van der Waals surface area (Å²) in [6, 6.07) is -1.14. The van der Waals surface area contributed by atoms with Crippen LogP contribution in [0.5, 0.6) is 0 Å². The van der Waals surface area contributed by atoms with Crippen molar-refractivity contribution in [3.8, 4) is 0 Å². The molecule has 2 N–H and O–H groups in total. The SMILES string of the molecule is CCOCCO[C@@H]1CC[C@H](C[C@@H](C)[C@@H]2CC(=O)[C@H](C)/C=C(\C)[C@@H](O)[C@H](OC)C(=O)[C@H](C)C[C@H](C)/C=C/C=C/C=C(\C)[C@@H](OC)C[C@@H]3CC[C@@H](C)[C@@](O)(O3)C(=O)C(=O)N3CCCC[C@H]3C(=O)O2)C[C@H]1OC. The molecule has 4 rings (SSSR count). The number of carbonyl (C=O) groups is 5. The predicted molar refractivity (Wildman–Crippen MR) is 265 cm³/mol. The Hall–Kier alpha value is -3.41. The minimum absolute atomic E-state index is 0.0195. The van der Waals surface area contributed by atoms with Gasteiger partial charge in [-0.05, 0) is 114 Å². The average molecular weight is 986 g/mol. The van der Waals surface area contributed by atoms with Crippen molar-refractivity contribution in [2.24, 2.45) is 35.5 Å². The van der Waals surface area contributed by atoms with Gasteiger partial charge in [-0.2, -0.15) is 0 Å². The van der Waals surface area contributed by atoms with Gasteiger partial charge in [-0.1, -0.05) is 71.1 Å². The monoisotopic (exact) mass is 986 g/mol. The lowest BCUT2D eigenvalue weighted by Crippen LogP contribution is -2.61. The molecule has 2 saturated heterocycles. The van der Waals surface area contributed by atoms with Crippen LogP contribution in [0.25, 0.3) is 0 Å². The molecule has 1 saturated carbocycles. The first-order chi connectivity index (χ1) is 33.3. The third-order valence-corrected chi connectivity index (χ3v) is 15.2. The van der Waals surface area contributed by atoms with E-state index >= 15 is 0 Å². The number of amides is 1. The van der Waals surface area contributed by atoms with Crippen LogP contribution in [0.1, 0.15) is 132 Å². The molecule has 3 heterocycles. The van der Waals surface area contributed by atoms with Gasteiger partial charge >= 0.3 is 5.97 Å². The van der Waals surface area contributed by atoms with Crippen molar-refractivity contribution < 1.29 is 67.3 Å². The summed E-state index contributed by atoms with van der Waals surface area (Å²) in [5.74, 6) is -7.83. The van der Waals surface area contributed by atoms with Gasteiger partial charge in [0.1, 0.15) is 30.1 Å². The second-order valence-electron chi connectivity index (χ2n) is 20.6. The third-order valence-electron chi connectivity index (χ3n) is 15.2. The van der Waals surface area contributed by atoms with Crippen molar-refractivity contribution in [2.45, 2.75) is 187 Å². The Morgan fingerprint density at radius 2 is 1.59 bits per heavy atom. The summed E-state index contributed by atoms with van der Waals surface area (Å²) in [5, 5.41) is 23.5. The first kappa shape index (κ1) is 59.2. The van der Waals surface area contributed by atoms with Crippen LogP contribution < -0.4 is 0 Å². The van der Waals surface area contributed by atoms with Gasteiger partial charge < -0.3 is 48.3 Å². The summed E-state index contributed by atoms with van der Waals surface area (Å²) in [5.41, 5.74) is 1.28. The normalized spacial score (nSPS) is 38.4. The van der Waals surface area contributed by atoms with Gasteiger partial charge in [0.25, 0.3) is 11.7 Å². The van der Waals surface area contributed by atoms with E-state index in [1.807, 2.05) is 65.0 Å². The summed E-state index contributed by atoms with van der Waals surface area (Å²) >= 11 is 0. The Morgan fingerprint density at radius 1 is 0.843 bits per heavy atom. The number of carbonyl (C=O) groups excluding carboxylic acids is 5. The molecule has 15 atom stereocenters. The highest BCUT2D eigenvalue weighted by atomic mass is 16.6. The van der Waals surface area contributed by atoms with Crippen LogP contribution >= 0.6 is 0 Å². The molecule has 70 heavy (non-hydrogen) atoms. The molecule has 2 bridgehead atoms. The van der Waals surface area contributed by atoms with E-state index in [0.29, 0.717) is 76.8 Å². The smallest absolute Gasteiger partial charge is 0.329 e. The largest absolute Gasteiger partial charge is 0.460 e. The van der Waals surface area contributed by atoms with Crippen molar-refractivity contribution in [1.82, 2.24) is 4.90 Å². The molecule has 0 radical (unpaired) electrons. The number of aliphatic hydroxyl groups is 2. The molecule has 3 fully saturated rings. The maximum absolute atomic E-state index is 14.5. The fourth-order valence-corrected chi connectivity index (χ4v) is 10.7. The topological polar surface area (TPSA) is 194 Å². The van der Waals surface area contributed by atoms with Gasteiger partial charge in [-0.15, -0.1) is 0 Å². The third kappa shape index (κ3) is 16.3. The number of esters is 1. The van der Waals surface area contributed by atoms with Crippen LogP contribution in [0.3, 0.4) is 0 Å². The van der Waals surface area contributed by atoms with Crippen molar-refractivity contribution in [3.63, 3.8) is 0 Å². The van der Waals surface area contributed by atoms with E-state index in [-0.39, 0.29) is 60.9 Å². The predicted octanol–water partition coefficient (Wildman–Crippen LogP) is 7.24. The molecule has 0 spiro atoms. The minimum Gasteiger partial charge on any atom is -0.460 e. The first-order valence-corrected chi connectivity index (χ1v) is 26.0. The number of ether oxygens (including phenoxy) is 7. The zero-order valence-corrected chi connectivity index (χ0v) is 44.1. The molecule has 3 aliphatic heterocycles.